The van der Waals surface area contributed by atoms with Gasteiger partial charge in [0.05, 0.1) is 0 Å². The highest BCUT2D eigenvalue weighted by Crippen LogP contribution is 2.23. The Morgan fingerprint density at radius 2 is 2.13 bits per heavy atom. The normalized spacial score (nSPS) is 19.5. The number of nitrogens with two attached hydrogens (primary N) is 1. The van der Waals surface area contributed by atoms with Crippen molar-refractivity contribution in [2.24, 2.45) is 10.7 Å². The predicted octanol–water partition coefficient (Wildman–Crippen LogP) is 2.07. The number of amidine groups is 1. The second-order valence-electron chi connectivity index (χ2n) is 3.33. The highest BCUT2D eigenvalue weighted by atomic mass is 35.5. The summed E-state index contributed by atoms with van der Waals surface area (Å²) in [5, 5.41) is 0.706. The van der Waals surface area contributed by atoms with Crippen LogP contribution in [-0.4, -0.2) is 18.7 Å². The summed E-state index contributed by atoms with van der Waals surface area (Å²) in [6.07, 6.45) is 0. The summed E-state index contributed by atoms with van der Waals surface area (Å²) in [5.41, 5.74) is 7.33. The Balaban J connectivity index is 2.18. The minimum Gasteiger partial charge on any atom is -0.463 e. The highest BCUT2D eigenvalue weighted by Gasteiger charge is 2.20. The van der Waals surface area contributed by atoms with E-state index in [1.54, 1.807) is 0 Å². The van der Waals surface area contributed by atoms with Gasteiger partial charge in [-0.1, -0.05) is 30.3 Å². The van der Waals surface area contributed by atoms with Crippen LogP contribution in [0.4, 0.5) is 0 Å². The van der Waals surface area contributed by atoms with Gasteiger partial charge in [0, 0.05) is 5.02 Å². The van der Waals surface area contributed by atoms with Gasteiger partial charge in [0.15, 0.2) is 0 Å². The Hall–Kier alpha value is -1.48. The lowest BCUT2D eigenvalue weighted by Crippen LogP contribution is -2.10. The van der Waals surface area contributed by atoms with Crippen molar-refractivity contribution in [2.45, 2.75) is 6.04 Å². The molecule has 0 radical (unpaired) electrons. The minimum absolute atomic E-state index is 0.0776. The summed E-state index contributed by atoms with van der Waals surface area (Å²) in [6.45, 7) is 4.45. The van der Waals surface area contributed by atoms with E-state index in [0.29, 0.717) is 11.6 Å². The van der Waals surface area contributed by atoms with Crippen molar-refractivity contribution in [3.8, 4) is 0 Å². The van der Waals surface area contributed by atoms with Crippen molar-refractivity contribution in [3.63, 3.8) is 0 Å². The Bertz CT molecular complexity index is 411. The predicted molar refractivity (Wildman–Crippen MR) is 61.8 cm³/mol. The van der Waals surface area contributed by atoms with Gasteiger partial charge in [0.2, 0.25) is 0 Å². The van der Waals surface area contributed by atoms with Crippen LogP contribution in [0.15, 0.2) is 35.8 Å². The third-order valence-corrected chi connectivity index (χ3v) is 2.54. The minimum atomic E-state index is -0.0776. The lowest BCUT2D eigenvalue weighted by Gasteiger charge is -2.09. The molecule has 0 bridgehead atoms. The van der Waals surface area contributed by atoms with Gasteiger partial charge < -0.3 is 10.5 Å². The molecule has 1 aliphatic rings. The number of aliphatic imine (C=N–C) groups is 1. The molecule has 1 atom stereocenters. The Morgan fingerprint density at radius 1 is 1.47 bits per heavy atom. The number of benzene rings is 1. The molecule has 78 valence electrons. The molecule has 0 spiro atoms. The molecule has 15 heavy (non-hydrogen) atoms. The smallest absolute Gasteiger partial charge is 0.282 e. The third kappa shape index (κ3) is 2.13. The Labute approximate surface area is 93.2 Å². The molecule has 3 nitrogen and oxygen atoms in total. The van der Waals surface area contributed by atoms with Gasteiger partial charge in [-0.25, -0.2) is 4.99 Å². The molecule has 1 aromatic carbocycles. The standard InChI is InChI=1S/C11H11ClN2O/c1-7(10-6-15-11(13)14-10)8-2-4-9(12)5-3-8/h2-5,10H,1,6H2,(H2,13,14)/t10-/m1/s1. The molecule has 1 heterocycles. The molecule has 0 fully saturated rings. The maximum atomic E-state index is 5.80. The van der Waals surface area contributed by atoms with E-state index in [-0.39, 0.29) is 12.1 Å². The van der Waals surface area contributed by atoms with E-state index in [4.69, 9.17) is 22.1 Å². The largest absolute Gasteiger partial charge is 0.463 e. The first-order valence-corrected chi connectivity index (χ1v) is 4.95. The molecule has 1 aromatic rings. The van der Waals surface area contributed by atoms with Crippen molar-refractivity contribution in [3.05, 3.63) is 41.4 Å². The number of rotatable bonds is 2. The lowest BCUT2D eigenvalue weighted by atomic mass is 10.0. The van der Waals surface area contributed by atoms with Crippen LogP contribution in [0.5, 0.6) is 0 Å². The van der Waals surface area contributed by atoms with Crippen molar-refractivity contribution in [1.82, 2.24) is 0 Å². The molecular weight excluding hydrogens is 212 g/mol. The third-order valence-electron chi connectivity index (χ3n) is 2.29. The zero-order chi connectivity index (χ0) is 10.8. The average Bonchev–Trinajstić information content (AvgIpc) is 2.65. The summed E-state index contributed by atoms with van der Waals surface area (Å²) in [4.78, 5) is 4.13. The number of halogens is 1. The van der Waals surface area contributed by atoms with Crippen LogP contribution < -0.4 is 5.73 Å². The quantitative estimate of drug-likeness (QED) is 0.833. The van der Waals surface area contributed by atoms with E-state index in [0.717, 1.165) is 11.1 Å². The van der Waals surface area contributed by atoms with E-state index in [1.807, 2.05) is 24.3 Å². The van der Waals surface area contributed by atoms with Crippen molar-refractivity contribution in [1.29, 1.82) is 0 Å². The van der Waals surface area contributed by atoms with Crippen LogP contribution >= 0.6 is 11.6 Å². The molecule has 0 saturated carbocycles. The average molecular weight is 223 g/mol. The molecule has 0 saturated heterocycles. The molecule has 0 aromatic heterocycles. The van der Waals surface area contributed by atoms with Gasteiger partial charge >= 0.3 is 0 Å². The van der Waals surface area contributed by atoms with E-state index in [2.05, 4.69) is 11.6 Å². The summed E-state index contributed by atoms with van der Waals surface area (Å²) in [5.74, 6) is 0. The van der Waals surface area contributed by atoms with E-state index in [9.17, 15) is 0 Å². The van der Waals surface area contributed by atoms with Crippen LogP contribution in [-0.2, 0) is 4.74 Å². The van der Waals surface area contributed by atoms with Crippen LogP contribution in [0.3, 0.4) is 0 Å². The van der Waals surface area contributed by atoms with Gasteiger partial charge in [0.1, 0.15) is 12.6 Å². The first-order chi connectivity index (χ1) is 7.16. The summed E-state index contributed by atoms with van der Waals surface area (Å²) in [7, 11) is 0. The van der Waals surface area contributed by atoms with Crippen molar-refractivity contribution in [2.75, 3.05) is 6.61 Å². The maximum Gasteiger partial charge on any atom is 0.282 e. The monoisotopic (exact) mass is 222 g/mol. The summed E-state index contributed by atoms with van der Waals surface area (Å²) >= 11 is 5.80. The molecule has 2 N–H and O–H groups in total. The number of hydrogen-bond acceptors (Lipinski definition) is 3. The van der Waals surface area contributed by atoms with Crippen LogP contribution in [0, 0.1) is 0 Å². The molecule has 4 heteroatoms. The van der Waals surface area contributed by atoms with Gasteiger partial charge in [-0.15, -0.1) is 0 Å². The molecular formula is C11H11ClN2O. The first-order valence-electron chi connectivity index (χ1n) is 4.57. The fourth-order valence-corrected chi connectivity index (χ4v) is 1.55. The fourth-order valence-electron chi connectivity index (χ4n) is 1.43. The number of ether oxygens (including phenoxy) is 1. The second kappa shape index (κ2) is 3.95. The van der Waals surface area contributed by atoms with Crippen molar-refractivity contribution >= 4 is 23.2 Å². The SMILES string of the molecule is C=C(c1ccc(Cl)cc1)[C@H]1COC(N)=N1. The van der Waals surface area contributed by atoms with Gasteiger partial charge in [0.25, 0.3) is 6.02 Å². The topological polar surface area (TPSA) is 47.6 Å². The van der Waals surface area contributed by atoms with E-state index in [1.165, 1.54) is 0 Å². The molecule has 0 unspecified atom stereocenters. The van der Waals surface area contributed by atoms with Gasteiger partial charge in [-0.3, -0.25) is 0 Å². The van der Waals surface area contributed by atoms with Crippen LogP contribution in [0.2, 0.25) is 5.02 Å². The molecule has 1 aliphatic heterocycles. The molecule has 0 amide bonds. The fraction of sp³-hybridized carbons (Fsp3) is 0.182. The zero-order valence-electron chi connectivity index (χ0n) is 8.11. The number of nitrogens with zero attached hydrogens (tertiary/aromatic N) is 1. The second-order valence-corrected chi connectivity index (χ2v) is 3.76. The Kier molecular flexibility index (Phi) is 2.64. The molecule has 0 aliphatic carbocycles. The first kappa shape index (κ1) is 10.1. The van der Waals surface area contributed by atoms with E-state index < -0.39 is 0 Å². The Morgan fingerprint density at radius 3 is 2.67 bits per heavy atom. The van der Waals surface area contributed by atoms with E-state index >= 15 is 0 Å². The lowest BCUT2D eigenvalue weighted by molar-refractivity contribution is 0.329. The van der Waals surface area contributed by atoms with Gasteiger partial charge in [-0.2, -0.15) is 0 Å². The van der Waals surface area contributed by atoms with Crippen LogP contribution in [0.25, 0.3) is 5.57 Å². The summed E-state index contributed by atoms with van der Waals surface area (Å²) < 4.78 is 5.07. The maximum absolute atomic E-state index is 5.80. The number of hydrogen-bond donors (Lipinski definition) is 1. The van der Waals surface area contributed by atoms with Crippen molar-refractivity contribution < 1.29 is 4.74 Å². The molecule has 2 rings (SSSR count). The highest BCUT2D eigenvalue weighted by molar-refractivity contribution is 6.30. The van der Waals surface area contributed by atoms with Crippen LogP contribution in [0.1, 0.15) is 5.56 Å². The van der Waals surface area contributed by atoms with Gasteiger partial charge in [-0.05, 0) is 23.3 Å². The zero-order valence-corrected chi connectivity index (χ0v) is 8.87. The summed E-state index contributed by atoms with van der Waals surface area (Å²) in [6, 6.07) is 7.63.